The first-order chi connectivity index (χ1) is 9.20. The second-order valence-corrected chi connectivity index (χ2v) is 4.53. The van der Waals surface area contributed by atoms with E-state index in [-0.39, 0.29) is 0 Å². The molecular formula is C15H12N4. The van der Waals surface area contributed by atoms with E-state index in [0.717, 1.165) is 28.0 Å². The van der Waals surface area contributed by atoms with E-state index < -0.39 is 0 Å². The molecule has 0 unspecified atom stereocenters. The van der Waals surface area contributed by atoms with Crippen LogP contribution >= 0.6 is 0 Å². The van der Waals surface area contributed by atoms with E-state index in [4.69, 9.17) is 5.26 Å². The summed E-state index contributed by atoms with van der Waals surface area (Å²) in [5, 5.41) is 9.14. The third kappa shape index (κ3) is 1.76. The molecule has 4 nitrogen and oxygen atoms in total. The maximum atomic E-state index is 9.14. The normalized spacial score (nSPS) is 10.6. The topological polar surface area (TPSA) is 54.5 Å². The van der Waals surface area contributed by atoms with Gasteiger partial charge in [0.2, 0.25) is 0 Å². The molecule has 0 aliphatic rings. The Morgan fingerprint density at radius 2 is 2.11 bits per heavy atom. The van der Waals surface area contributed by atoms with Crippen LogP contribution in [-0.4, -0.2) is 14.5 Å². The van der Waals surface area contributed by atoms with Crippen molar-refractivity contribution in [3.05, 3.63) is 47.8 Å². The van der Waals surface area contributed by atoms with Gasteiger partial charge < -0.3 is 4.57 Å². The van der Waals surface area contributed by atoms with E-state index in [0.29, 0.717) is 5.56 Å². The van der Waals surface area contributed by atoms with Crippen LogP contribution in [0.25, 0.3) is 22.4 Å². The van der Waals surface area contributed by atoms with E-state index >= 15 is 0 Å². The molecule has 0 spiro atoms. The third-order valence-electron chi connectivity index (χ3n) is 3.17. The lowest BCUT2D eigenvalue weighted by atomic mass is 10.2. The Morgan fingerprint density at radius 1 is 1.26 bits per heavy atom. The van der Waals surface area contributed by atoms with Crippen molar-refractivity contribution >= 4 is 11.0 Å². The van der Waals surface area contributed by atoms with Crippen LogP contribution < -0.4 is 0 Å². The number of benzene rings is 1. The van der Waals surface area contributed by atoms with Gasteiger partial charge in [-0.25, -0.2) is 4.98 Å². The smallest absolute Gasteiger partial charge is 0.142 e. The summed E-state index contributed by atoms with van der Waals surface area (Å²) in [7, 11) is 1.95. The van der Waals surface area contributed by atoms with E-state index in [1.807, 2.05) is 42.9 Å². The van der Waals surface area contributed by atoms with Crippen LogP contribution in [0.4, 0.5) is 0 Å². The molecule has 0 N–H and O–H groups in total. The Kier molecular flexibility index (Phi) is 2.53. The maximum Gasteiger partial charge on any atom is 0.142 e. The molecule has 3 aromatic rings. The van der Waals surface area contributed by atoms with Gasteiger partial charge in [-0.15, -0.1) is 0 Å². The summed E-state index contributed by atoms with van der Waals surface area (Å²) in [6, 6.07) is 9.85. The molecule has 0 fully saturated rings. The van der Waals surface area contributed by atoms with Crippen molar-refractivity contribution in [2.45, 2.75) is 6.92 Å². The molecular weight excluding hydrogens is 236 g/mol. The van der Waals surface area contributed by atoms with Crippen LogP contribution in [0, 0.1) is 18.3 Å². The lowest BCUT2D eigenvalue weighted by Gasteiger charge is -2.02. The second kappa shape index (κ2) is 4.21. The number of para-hydroxylation sites is 1. The molecule has 0 saturated carbocycles. The molecule has 0 aliphatic heterocycles. The molecule has 2 aromatic heterocycles. The molecule has 3 rings (SSSR count). The number of hydrogen-bond acceptors (Lipinski definition) is 3. The molecule has 1 aromatic carbocycles. The molecule has 92 valence electrons. The Hall–Kier alpha value is -2.67. The van der Waals surface area contributed by atoms with Crippen molar-refractivity contribution in [1.82, 2.24) is 14.5 Å². The largest absolute Gasteiger partial charge is 0.327 e. The minimum Gasteiger partial charge on any atom is -0.327 e. The molecule has 0 saturated heterocycles. The molecule has 0 bridgehead atoms. The van der Waals surface area contributed by atoms with E-state index in [9.17, 15) is 0 Å². The lowest BCUT2D eigenvalue weighted by molar-refractivity contribution is 0.957. The van der Waals surface area contributed by atoms with Crippen LogP contribution in [0.5, 0.6) is 0 Å². The summed E-state index contributed by atoms with van der Waals surface area (Å²) in [5.74, 6) is 0.828. The first kappa shape index (κ1) is 11.4. The number of aryl methyl sites for hydroxylation is 2. The van der Waals surface area contributed by atoms with Gasteiger partial charge in [-0.05, 0) is 30.7 Å². The van der Waals surface area contributed by atoms with Crippen molar-refractivity contribution < 1.29 is 0 Å². The fourth-order valence-electron chi connectivity index (χ4n) is 2.24. The highest BCUT2D eigenvalue weighted by Gasteiger charge is 2.12. The van der Waals surface area contributed by atoms with Gasteiger partial charge in [-0.3, -0.25) is 4.98 Å². The Labute approximate surface area is 111 Å². The van der Waals surface area contributed by atoms with Crippen molar-refractivity contribution in [3.8, 4) is 17.5 Å². The van der Waals surface area contributed by atoms with Crippen LogP contribution in [0.15, 0.2) is 36.7 Å². The maximum absolute atomic E-state index is 9.14. The van der Waals surface area contributed by atoms with Gasteiger partial charge in [0, 0.05) is 25.0 Å². The third-order valence-corrected chi connectivity index (χ3v) is 3.17. The zero-order chi connectivity index (χ0) is 13.4. The van der Waals surface area contributed by atoms with E-state index in [1.54, 1.807) is 12.3 Å². The Morgan fingerprint density at radius 3 is 2.84 bits per heavy atom. The Bertz CT molecular complexity index is 809. The standard InChI is InChI=1S/C15H12N4/c1-10-6-12(9-17-8-10)15-18-14-11(7-16)4-3-5-13(14)19(15)2/h3-6,8-9H,1-2H3. The van der Waals surface area contributed by atoms with Gasteiger partial charge in [0.05, 0.1) is 11.1 Å². The van der Waals surface area contributed by atoms with Crippen LogP contribution in [0.1, 0.15) is 11.1 Å². The fraction of sp³-hybridized carbons (Fsp3) is 0.133. The van der Waals surface area contributed by atoms with Gasteiger partial charge in [0.1, 0.15) is 17.4 Å². The number of rotatable bonds is 1. The number of nitriles is 1. The number of fused-ring (bicyclic) bond motifs is 1. The summed E-state index contributed by atoms with van der Waals surface area (Å²) < 4.78 is 1.99. The van der Waals surface area contributed by atoms with Gasteiger partial charge in [0.25, 0.3) is 0 Å². The monoisotopic (exact) mass is 248 g/mol. The van der Waals surface area contributed by atoms with Gasteiger partial charge in [-0.1, -0.05) is 6.07 Å². The Balaban J connectivity index is 2.32. The van der Waals surface area contributed by atoms with E-state index in [2.05, 4.69) is 16.0 Å². The summed E-state index contributed by atoms with van der Waals surface area (Å²) in [6.07, 6.45) is 3.60. The first-order valence-electron chi connectivity index (χ1n) is 5.98. The first-order valence-corrected chi connectivity index (χ1v) is 5.98. The SMILES string of the molecule is Cc1cncc(-c2nc3c(C#N)cccc3n2C)c1. The number of aromatic nitrogens is 3. The minimum atomic E-state index is 0.597. The number of pyridine rings is 1. The lowest BCUT2D eigenvalue weighted by Crippen LogP contribution is -1.93. The van der Waals surface area contributed by atoms with Crippen molar-refractivity contribution in [2.75, 3.05) is 0 Å². The molecule has 0 radical (unpaired) electrons. The quantitative estimate of drug-likeness (QED) is 0.665. The molecule has 0 atom stereocenters. The average Bonchev–Trinajstić information content (AvgIpc) is 2.76. The number of nitrogens with zero attached hydrogens (tertiary/aromatic N) is 4. The molecule has 2 heterocycles. The van der Waals surface area contributed by atoms with E-state index in [1.165, 1.54) is 0 Å². The average molecular weight is 248 g/mol. The molecule has 19 heavy (non-hydrogen) atoms. The second-order valence-electron chi connectivity index (χ2n) is 4.53. The van der Waals surface area contributed by atoms with Crippen LogP contribution in [0.3, 0.4) is 0 Å². The highest BCUT2D eigenvalue weighted by atomic mass is 15.1. The highest BCUT2D eigenvalue weighted by Crippen LogP contribution is 2.25. The van der Waals surface area contributed by atoms with Crippen LogP contribution in [0.2, 0.25) is 0 Å². The van der Waals surface area contributed by atoms with Crippen molar-refractivity contribution in [1.29, 1.82) is 5.26 Å². The zero-order valence-corrected chi connectivity index (χ0v) is 10.8. The summed E-state index contributed by atoms with van der Waals surface area (Å²) >= 11 is 0. The fourth-order valence-corrected chi connectivity index (χ4v) is 2.24. The van der Waals surface area contributed by atoms with Crippen LogP contribution in [-0.2, 0) is 7.05 Å². The highest BCUT2D eigenvalue weighted by molar-refractivity contribution is 5.85. The van der Waals surface area contributed by atoms with Gasteiger partial charge in [-0.2, -0.15) is 5.26 Å². The molecule has 0 aliphatic carbocycles. The van der Waals surface area contributed by atoms with Crippen molar-refractivity contribution in [3.63, 3.8) is 0 Å². The molecule has 0 amide bonds. The predicted octanol–water partition coefficient (Wildman–Crippen LogP) is 2.82. The zero-order valence-electron chi connectivity index (χ0n) is 10.8. The molecule has 4 heteroatoms. The summed E-state index contributed by atoms with van der Waals surface area (Å²) in [4.78, 5) is 8.79. The number of hydrogen-bond donors (Lipinski definition) is 0. The van der Waals surface area contributed by atoms with Crippen molar-refractivity contribution in [2.24, 2.45) is 7.05 Å². The van der Waals surface area contributed by atoms with Gasteiger partial charge in [0.15, 0.2) is 0 Å². The van der Waals surface area contributed by atoms with Gasteiger partial charge >= 0.3 is 0 Å². The predicted molar refractivity (Wildman–Crippen MR) is 73.4 cm³/mol. The number of imidazole rings is 1. The summed E-state index contributed by atoms with van der Waals surface area (Å²) in [6.45, 7) is 2.00. The summed E-state index contributed by atoms with van der Waals surface area (Å²) in [5.41, 5.74) is 4.34. The minimum absolute atomic E-state index is 0.597.